The number of nitrogens with one attached hydrogen (secondary N) is 1. The normalized spacial score (nSPS) is 11.1. The van der Waals surface area contributed by atoms with Gasteiger partial charge >= 0.3 is 6.36 Å². The molecule has 0 aliphatic rings. The lowest BCUT2D eigenvalue weighted by Crippen LogP contribution is -2.17. The first-order chi connectivity index (χ1) is 6.42. The van der Waals surface area contributed by atoms with Gasteiger partial charge in [-0.1, -0.05) is 0 Å². The molecule has 0 amide bonds. The summed E-state index contributed by atoms with van der Waals surface area (Å²) in [6, 6.07) is 3.21. The maximum absolute atomic E-state index is 11.8. The summed E-state index contributed by atoms with van der Waals surface area (Å²) in [5.41, 5.74) is 0.173. The summed E-state index contributed by atoms with van der Waals surface area (Å²) in [6.45, 7) is 0. The quantitative estimate of drug-likeness (QED) is 0.731. The fourth-order valence-electron chi connectivity index (χ4n) is 0.913. The van der Waals surface area contributed by atoms with Crippen LogP contribution in [0.25, 0.3) is 0 Å². The van der Waals surface area contributed by atoms with Crippen molar-refractivity contribution < 1.29 is 23.0 Å². The Bertz CT molecular complexity index is 325. The van der Waals surface area contributed by atoms with Gasteiger partial charge in [0.1, 0.15) is 11.5 Å². The molecule has 0 aliphatic carbocycles. The van der Waals surface area contributed by atoms with Gasteiger partial charge in [0, 0.05) is 13.1 Å². The standard InChI is InChI=1S/C8H8F3NO2/c1-12-6-4-5(2-3-7(6)13)14-8(9,10)11/h2-4,12-13H,1H3. The second kappa shape index (κ2) is 3.65. The zero-order valence-electron chi connectivity index (χ0n) is 7.22. The summed E-state index contributed by atoms with van der Waals surface area (Å²) in [4.78, 5) is 0. The number of anilines is 1. The number of benzene rings is 1. The van der Waals surface area contributed by atoms with E-state index in [-0.39, 0.29) is 17.2 Å². The third-order valence-electron chi connectivity index (χ3n) is 1.47. The van der Waals surface area contributed by atoms with Gasteiger partial charge in [0.2, 0.25) is 0 Å². The fraction of sp³-hybridized carbons (Fsp3) is 0.250. The van der Waals surface area contributed by atoms with E-state index in [1.54, 1.807) is 0 Å². The Morgan fingerprint density at radius 3 is 2.50 bits per heavy atom. The van der Waals surface area contributed by atoms with Crippen molar-refractivity contribution in [3.63, 3.8) is 0 Å². The summed E-state index contributed by atoms with van der Waals surface area (Å²) < 4.78 is 39.0. The average Bonchev–Trinajstić information content (AvgIpc) is 2.06. The van der Waals surface area contributed by atoms with Crippen molar-refractivity contribution in [2.45, 2.75) is 6.36 Å². The lowest BCUT2D eigenvalue weighted by atomic mass is 10.3. The van der Waals surface area contributed by atoms with Gasteiger partial charge in [-0.25, -0.2) is 0 Å². The molecular formula is C8H8F3NO2. The molecule has 0 bridgehead atoms. The van der Waals surface area contributed by atoms with Crippen molar-refractivity contribution in [1.82, 2.24) is 0 Å². The molecule has 0 saturated heterocycles. The first kappa shape index (κ1) is 10.5. The zero-order chi connectivity index (χ0) is 10.8. The molecule has 2 N–H and O–H groups in total. The molecule has 14 heavy (non-hydrogen) atoms. The van der Waals surface area contributed by atoms with E-state index >= 15 is 0 Å². The van der Waals surface area contributed by atoms with E-state index in [9.17, 15) is 13.2 Å². The predicted octanol–water partition coefficient (Wildman–Crippen LogP) is 2.33. The number of hydrogen-bond acceptors (Lipinski definition) is 3. The minimum absolute atomic E-state index is 0.137. The number of phenols is 1. The van der Waals surface area contributed by atoms with E-state index in [1.807, 2.05) is 0 Å². The van der Waals surface area contributed by atoms with Gasteiger partial charge in [0.15, 0.2) is 0 Å². The van der Waals surface area contributed by atoms with E-state index in [4.69, 9.17) is 5.11 Å². The summed E-state index contributed by atoms with van der Waals surface area (Å²) >= 11 is 0. The van der Waals surface area contributed by atoms with Crippen LogP contribution in [0.15, 0.2) is 18.2 Å². The number of hydrogen-bond donors (Lipinski definition) is 2. The van der Waals surface area contributed by atoms with Crippen LogP contribution < -0.4 is 10.1 Å². The Morgan fingerprint density at radius 1 is 1.36 bits per heavy atom. The molecule has 1 rings (SSSR count). The molecule has 0 aliphatic heterocycles. The Kier molecular flexibility index (Phi) is 2.73. The van der Waals surface area contributed by atoms with Gasteiger partial charge < -0.3 is 15.2 Å². The van der Waals surface area contributed by atoms with E-state index < -0.39 is 6.36 Å². The topological polar surface area (TPSA) is 41.5 Å². The molecular weight excluding hydrogens is 199 g/mol. The van der Waals surface area contributed by atoms with Gasteiger partial charge in [0.05, 0.1) is 5.69 Å². The highest BCUT2D eigenvalue weighted by molar-refractivity contribution is 5.58. The van der Waals surface area contributed by atoms with Gasteiger partial charge in [-0.05, 0) is 12.1 Å². The van der Waals surface area contributed by atoms with Crippen LogP contribution in [0.3, 0.4) is 0 Å². The second-order valence-electron chi connectivity index (χ2n) is 2.48. The summed E-state index contributed by atoms with van der Waals surface area (Å²) in [7, 11) is 1.48. The second-order valence-corrected chi connectivity index (χ2v) is 2.48. The molecule has 1 aromatic rings. The maximum atomic E-state index is 11.8. The van der Waals surface area contributed by atoms with E-state index in [2.05, 4.69) is 10.1 Å². The highest BCUT2D eigenvalue weighted by atomic mass is 19.4. The Morgan fingerprint density at radius 2 is 2.00 bits per heavy atom. The van der Waals surface area contributed by atoms with Crippen LogP contribution in [0, 0.1) is 0 Å². The highest BCUT2D eigenvalue weighted by Crippen LogP contribution is 2.30. The van der Waals surface area contributed by atoms with Gasteiger partial charge in [0.25, 0.3) is 0 Å². The van der Waals surface area contributed by atoms with Crippen molar-refractivity contribution in [2.24, 2.45) is 0 Å². The molecule has 0 fully saturated rings. The molecule has 0 heterocycles. The van der Waals surface area contributed by atoms with E-state index in [0.29, 0.717) is 0 Å². The lowest BCUT2D eigenvalue weighted by Gasteiger charge is -2.10. The molecule has 0 spiro atoms. The Labute approximate surface area is 78.1 Å². The number of aromatic hydroxyl groups is 1. The van der Waals surface area contributed by atoms with Crippen molar-refractivity contribution in [3.05, 3.63) is 18.2 Å². The number of alkyl halides is 3. The van der Waals surface area contributed by atoms with E-state index in [0.717, 1.165) is 18.2 Å². The van der Waals surface area contributed by atoms with Crippen LogP contribution >= 0.6 is 0 Å². The molecule has 1 aromatic carbocycles. The van der Waals surface area contributed by atoms with Gasteiger partial charge in [-0.3, -0.25) is 0 Å². The van der Waals surface area contributed by atoms with E-state index in [1.165, 1.54) is 7.05 Å². The Hall–Kier alpha value is -1.59. The predicted molar refractivity (Wildman–Crippen MR) is 44.3 cm³/mol. The highest BCUT2D eigenvalue weighted by Gasteiger charge is 2.31. The van der Waals surface area contributed by atoms with Crippen LogP contribution in [-0.2, 0) is 0 Å². The van der Waals surface area contributed by atoms with Crippen molar-refractivity contribution in [1.29, 1.82) is 0 Å². The molecule has 3 nitrogen and oxygen atoms in total. The fourth-order valence-corrected chi connectivity index (χ4v) is 0.913. The van der Waals surface area contributed by atoms with Crippen LogP contribution in [0.4, 0.5) is 18.9 Å². The first-order valence-corrected chi connectivity index (χ1v) is 3.69. The third kappa shape index (κ3) is 2.72. The van der Waals surface area contributed by atoms with Crippen LogP contribution in [0.5, 0.6) is 11.5 Å². The average molecular weight is 207 g/mol. The molecule has 6 heteroatoms. The van der Waals surface area contributed by atoms with Gasteiger partial charge in [-0.2, -0.15) is 0 Å². The molecule has 0 atom stereocenters. The van der Waals surface area contributed by atoms with Crippen LogP contribution in [-0.4, -0.2) is 18.5 Å². The molecule has 0 radical (unpaired) electrons. The van der Waals surface area contributed by atoms with Crippen LogP contribution in [0.2, 0.25) is 0 Å². The van der Waals surface area contributed by atoms with Crippen LogP contribution in [0.1, 0.15) is 0 Å². The van der Waals surface area contributed by atoms with Crippen molar-refractivity contribution >= 4 is 5.69 Å². The molecule has 0 unspecified atom stereocenters. The number of rotatable bonds is 2. The van der Waals surface area contributed by atoms with Gasteiger partial charge in [-0.15, -0.1) is 13.2 Å². The number of phenolic OH excluding ortho intramolecular Hbond substituents is 1. The first-order valence-electron chi connectivity index (χ1n) is 3.69. The maximum Gasteiger partial charge on any atom is 0.573 e. The van der Waals surface area contributed by atoms with Crippen molar-refractivity contribution in [3.8, 4) is 11.5 Å². The summed E-state index contributed by atoms with van der Waals surface area (Å²) in [6.07, 6.45) is -4.72. The minimum atomic E-state index is -4.72. The monoisotopic (exact) mass is 207 g/mol. The largest absolute Gasteiger partial charge is 0.573 e. The lowest BCUT2D eigenvalue weighted by molar-refractivity contribution is -0.274. The summed E-state index contributed by atoms with van der Waals surface area (Å²) in [5.74, 6) is -0.512. The molecule has 0 aromatic heterocycles. The SMILES string of the molecule is CNc1cc(OC(F)(F)F)ccc1O. The third-order valence-corrected chi connectivity index (χ3v) is 1.47. The van der Waals surface area contributed by atoms with Crippen molar-refractivity contribution in [2.75, 3.05) is 12.4 Å². The number of halogens is 3. The molecule has 78 valence electrons. The smallest absolute Gasteiger partial charge is 0.506 e. The molecule has 0 saturated carbocycles. The Balaban J connectivity index is 2.90. The number of ether oxygens (including phenoxy) is 1. The summed E-state index contributed by atoms with van der Waals surface area (Å²) in [5, 5.41) is 11.7. The zero-order valence-corrected chi connectivity index (χ0v) is 7.22. The minimum Gasteiger partial charge on any atom is -0.506 e.